The topological polar surface area (TPSA) is 45.9 Å². The summed E-state index contributed by atoms with van der Waals surface area (Å²) >= 11 is 0. The van der Waals surface area contributed by atoms with E-state index < -0.39 is 0 Å². The smallest absolute Gasteiger partial charge is 0.213 e. The van der Waals surface area contributed by atoms with Gasteiger partial charge in [0.2, 0.25) is 5.88 Å². The van der Waals surface area contributed by atoms with Crippen molar-refractivity contribution < 1.29 is 4.74 Å². The van der Waals surface area contributed by atoms with Crippen LogP contribution in [0.3, 0.4) is 0 Å². The molecule has 0 N–H and O–H groups in total. The summed E-state index contributed by atoms with van der Waals surface area (Å²) in [6, 6.07) is 5.40. The molecule has 0 spiro atoms. The second kappa shape index (κ2) is 3.02. The van der Waals surface area contributed by atoms with Crippen LogP contribution in [0.25, 0.3) is 0 Å². The zero-order valence-corrected chi connectivity index (χ0v) is 6.46. The summed E-state index contributed by atoms with van der Waals surface area (Å²) < 4.78 is 4.87. The summed E-state index contributed by atoms with van der Waals surface area (Å²) in [5.74, 6) is 0.543. The highest BCUT2D eigenvalue weighted by Crippen LogP contribution is 2.10. The van der Waals surface area contributed by atoms with Crippen molar-refractivity contribution >= 4 is 0 Å². The Morgan fingerprint density at radius 3 is 2.73 bits per heavy atom. The van der Waals surface area contributed by atoms with E-state index in [9.17, 15) is 0 Å². The fourth-order valence-electron chi connectivity index (χ4n) is 0.770. The van der Waals surface area contributed by atoms with Gasteiger partial charge in [-0.05, 0) is 13.0 Å². The molecule has 11 heavy (non-hydrogen) atoms. The molecule has 1 aromatic heterocycles. The lowest BCUT2D eigenvalue weighted by Gasteiger charge is -1.99. The first kappa shape index (κ1) is 7.55. The Morgan fingerprint density at radius 1 is 1.55 bits per heavy atom. The molecule has 56 valence electrons. The molecular weight excluding hydrogens is 140 g/mol. The summed E-state index contributed by atoms with van der Waals surface area (Å²) in [6.07, 6.45) is 0. The second-order valence-corrected chi connectivity index (χ2v) is 2.10. The molecule has 0 saturated heterocycles. The Kier molecular flexibility index (Phi) is 2.07. The summed E-state index contributed by atoms with van der Waals surface area (Å²) in [4.78, 5) is 4.02. The molecule has 0 aliphatic carbocycles. The molecule has 1 rings (SSSR count). The minimum absolute atomic E-state index is 0.543. The summed E-state index contributed by atoms with van der Waals surface area (Å²) in [6.45, 7) is 1.78. The van der Waals surface area contributed by atoms with Gasteiger partial charge in [0, 0.05) is 6.07 Å². The minimum atomic E-state index is 0.543. The van der Waals surface area contributed by atoms with Gasteiger partial charge >= 0.3 is 0 Å². The number of pyridine rings is 1. The maximum Gasteiger partial charge on any atom is 0.213 e. The lowest BCUT2D eigenvalue weighted by atomic mass is 10.2. The van der Waals surface area contributed by atoms with Crippen molar-refractivity contribution in [2.75, 3.05) is 7.11 Å². The van der Waals surface area contributed by atoms with Crippen LogP contribution in [0.2, 0.25) is 0 Å². The van der Waals surface area contributed by atoms with Crippen LogP contribution in [-0.4, -0.2) is 12.1 Å². The van der Waals surface area contributed by atoms with E-state index in [4.69, 9.17) is 10.00 Å². The Bertz CT molecular complexity index is 301. The molecule has 3 nitrogen and oxygen atoms in total. The quantitative estimate of drug-likeness (QED) is 0.602. The van der Waals surface area contributed by atoms with E-state index in [1.54, 1.807) is 26.2 Å². The van der Waals surface area contributed by atoms with Crippen molar-refractivity contribution in [2.24, 2.45) is 0 Å². The number of nitriles is 1. The van der Waals surface area contributed by atoms with Crippen molar-refractivity contribution in [3.63, 3.8) is 0 Å². The minimum Gasteiger partial charge on any atom is -0.481 e. The zero-order valence-electron chi connectivity index (χ0n) is 6.46. The number of aromatic nitrogens is 1. The lowest BCUT2D eigenvalue weighted by molar-refractivity contribution is 0.397. The number of hydrogen-bond donors (Lipinski definition) is 0. The number of aryl methyl sites for hydroxylation is 1. The molecule has 0 bridgehead atoms. The Balaban J connectivity index is 3.12. The van der Waals surface area contributed by atoms with E-state index in [1.165, 1.54) is 0 Å². The van der Waals surface area contributed by atoms with E-state index in [1.807, 2.05) is 6.07 Å². The largest absolute Gasteiger partial charge is 0.481 e. The van der Waals surface area contributed by atoms with E-state index in [0.717, 1.165) is 0 Å². The van der Waals surface area contributed by atoms with Gasteiger partial charge in [0.1, 0.15) is 6.07 Å². The van der Waals surface area contributed by atoms with Crippen molar-refractivity contribution in [1.82, 2.24) is 4.98 Å². The normalized spacial score (nSPS) is 8.82. The molecule has 0 saturated carbocycles. The molecule has 1 heterocycles. The molecule has 0 atom stereocenters. The molecule has 3 heteroatoms. The molecule has 0 amide bonds. The number of rotatable bonds is 1. The van der Waals surface area contributed by atoms with Gasteiger partial charge in [-0.2, -0.15) is 5.26 Å². The number of nitrogens with zero attached hydrogens (tertiary/aromatic N) is 2. The molecule has 0 aromatic carbocycles. The highest BCUT2D eigenvalue weighted by Gasteiger charge is 1.98. The standard InChI is InChI=1S/C8H8N2O/c1-6-7(5-9)3-4-8(10-6)11-2/h3-4H,1-2H3. The van der Waals surface area contributed by atoms with Gasteiger partial charge in [0.15, 0.2) is 0 Å². The third-order valence-electron chi connectivity index (χ3n) is 1.39. The maximum atomic E-state index is 8.55. The van der Waals surface area contributed by atoms with Gasteiger partial charge in [0.05, 0.1) is 18.4 Å². The number of ether oxygens (including phenoxy) is 1. The third kappa shape index (κ3) is 1.47. The average Bonchev–Trinajstić information content (AvgIpc) is 2.04. The molecule has 1 aromatic rings. The van der Waals surface area contributed by atoms with Crippen LogP contribution in [0.5, 0.6) is 5.88 Å². The second-order valence-electron chi connectivity index (χ2n) is 2.10. The first-order chi connectivity index (χ1) is 5.27. The molecule has 0 unspecified atom stereocenters. The van der Waals surface area contributed by atoms with Crippen LogP contribution in [0, 0.1) is 18.3 Å². The van der Waals surface area contributed by atoms with Crippen LogP contribution in [0.1, 0.15) is 11.3 Å². The summed E-state index contributed by atoms with van der Waals surface area (Å²) in [5, 5.41) is 8.55. The van der Waals surface area contributed by atoms with Gasteiger partial charge < -0.3 is 4.74 Å². The van der Waals surface area contributed by atoms with Gasteiger partial charge in [0.25, 0.3) is 0 Å². The van der Waals surface area contributed by atoms with Crippen LogP contribution in [-0.2, 0) is 0 Å². The Labute approximate surface area is 65.3 Å². The predicted molar refractivity (Wildman–Crippen MR) is 40.2 cm³/mol. The third-order valence-corrected chi connectivity index (χ3v) is 1.39. The highest BCUT2D eigenvalue weighted by molar-refractivity contribution is 5.34. The van der Waals surface area contributed by atoms with Gasteiger partial charge in [-0.3, -0.25) is 0 Å². The Hall–Kier alpha value is -1.56. The average molecular weight is 148 g/mol. The van der Waals surface area contributed by atoms with Gasteiger partial charge in [-0.1, -0.05) is 0 Å². The number of methoxy groups -OCH3 is 1. The Morgan fingerprint density at radius 2 is 2.27 bits per heavy atom. The number of hydrogen-bond acceptors (Lipinski definition) is 3. The SMILES string of the molecule is COc1ccc(C#N)c(C)n1. The molecular formula is C8H8N2O. The molecule has 0 fully saturated rings. The zero-order chi connectivity index (χ0) is 8.27. The van der Waals surface area contributed by atoms with Gasteiger partial charge in [-0.25, -0.2) is 4.98 Å². The van der Waals surface area contributed by atoms with Crippen LogP contribution < -0.4 is 4.74 Å². The fourth-order valence-corrected chi connectivity index (χ4v) is 0.770. The van der Waals surface area contributed by atoms with E-state index in [2.05, 4.69) is 4.98 Å². The van der Waals surface area contributed by atoms with Crippen molar-refractivity contribution in [2.45, 2.75) is 6.92 Å². The summed E-state index contributed by atoms with van der Waals surface area (Å²) in [5.41, 5.74) is 1.29. The van der Waals surface area contributed by atoms with Crippen LogP contribution >= 0.6 is 0 Å². The predicted octanol–water partition coefficient (Wildman–Crippen LogP) is 1.27. The van der Waals surface area contributed by atoms with Crippen molar-refractivity contribution in [1.29, 1.82) is 5.26 Å². The first-order valence-electron chi connectivity index (χ1n) is 3.19. The highest BCUT2D eigenvalue weighted by atomic mass is 16.5. The van der Waals surface area contributed by atoms with Crippen molar-refractivity contribution in [3.8, 4) is 11.9 Å². The maximum absolute atomic E-state index is 8.55. The first-order valence-corrected chi connectivity index (χ1v) is 3.19. The van der Waals surface area contributed by atoms with Crippen molar-refractivity contribution in [3.05, 3.63) is 23.4 Å². The van der Waals surface area contributed by atoms with Gasteiger partial charge in [-0.15, -0.1) is 0 Å². The van der Waals surface area contributed by atoms with Crippen LogP contribution in [0.15, 0.2) is 12.1 Å². The summed E-state index contributed by atoms with van der Waals surface area (Å²) in [7, 11) is 1.55. The molecule has 0 aliphatic heterocycles. The van der Waals surface area contributed by atoms with E-state index in [0.29, 0.717) is 17.1 Å². The van der Waals surface area contributed by atoms with E-state index in [-0.39, 0.29) is 0 Å². The fraction of sp³-hybridized carbons (Fsp3) is 0.250. The van der Waals surface area contributed by atoms with Crippen LogP contribution in [0.4, 0.5) is 0 Å². The lowest BCUT2D eigenvalue weighted by Crippen LogP contribution is -1.91. The molecule has 0 aliphatic rings. The monoisotopic (exact) mass is 148 g/mol. The molecule has 0 radical (unpaired) electrons. The van der Waals surface area contributed by atoms with E-state index >= 15 is 0 Å².